The lowest BCUT2D eigenvalue weighted by Crippen LogP contribution is -2.05. The van der Waals surface area contributed by atoms with Gasteiger partial charge in [-0.2, -0.15) is 0 Å². The maximum atomic E-state index is 11.0. The zero-order valence-corrected chi connectivity index (χ0v) is 10.8. The van der Waals surface area contributed by atoms with Crippen molar-refractivity contribution in [2.75, 3.05) is 17.7 Å². The van der Waals surface area contributed by atoms with Gasteiger partial charge < -0.3 is 15.7 Å². The van der Waals surface area contributed by atoms with Crippen LogP contribution in [0.2, 0.25) is 0 Å². The number of anilines is 2. The van der Waals surface area contributed by atoms with E-state index in [1.807, 2.05) is 12.4 Å². The smallest absolute Gasteiger partial charge is 0.221 e. The Hall–Kier alpha value is -2.08. The molecule has 0 spiro atoms. The number of phenolic OH excluding ortho intramolecular Hbond substituents is 1. The molecular formula is C12H13N3O2S. The monoisotopic (exact) mass is 263 g/mol. The van der Waals surface area contributed by atoms with E-state index >= 15 is 0 Å². The van der Waals surface area contributed by atoms with E-state index in [0.29, 0.717) is 5.69 Å². The van der Waals surface area contributed by atoms with E-state index in [9.17, 15) is 9.90 Å². The Bertz CT molecular complexity index is 580. The van der Waals surface area contributed by atoms with Gasteiger partial charge in [-0.1, -0.05) is 0 Å². The normalized spacial score (nSPS) is 10.1. The molecule has 2 rings (SSSR count). The summed E-state index contributed by atoms with van der Waals surface area (Å²) in [7, 11) is 1.81. The molecule has 2 aromatic rings. The van der Waals surface area contributed by atoms with Crippen LogP contribution in [0.4, 0.5) is 10.8 Å². The van der Waals surface area contributed by atoms with Crippen LogP contribution in [0.3, 0.4) is 0 Å². The van der Waals surface area contributed by atoms with E-state index < -0.39 is 0 Å². The number of amides is 1. The Balaban J connectivity index is 2.36. The third-order valence-corrected chi connectivity index (χ3v) is 3.18. The summed E-state index contributed by atoms with van der Waals surface area (Å²) in [6, 6.07) is 5.00. The van der Waals surface area contributed by atoms with Crippen molar-refractivity contribution in [3.8, 4) is 17.0 Å². The highest BCUT2D eigenvalue weighted by Gasteiger charge is 2.08. The summed E-state index contributed by atoms with van der Waals surface area (Å²) < 4.78 is 0. The molecule has 0 aliphatic heterocycles. The second-order valence-electron chi connectivity index (χ2n) is 3.70. The molecule has 1 amide bonds. The predicted octanol–water partition coefficient (Wildman–Crippen LogP) is 2.52. The quantitative estimate of drug-likeness (QED) is 0.744. The van der Waals surface area contributed by atoms with Crippen molar-refractivity contribution < 1.29 is 9.90 Å². The first kappa shape index (κ1) is 12.4. The second-order valence-corrected chi connectivity index (χ2v) is 4.56. The molecule has 0 radical (unpaired) electrons. The Labute approximate surface area is 108 Å². The molecule has 1 aromatic heterocycles. The molecule has 3 N–H and O–H groups in total. The summed E-state index contributed by atoms with van der Waals surface area (Å²) in [5, 5.41) is 17.9. The summed E-state index contributed by atoms with van der Waals surface area (Å²) >= 11 is 1.50. The van der Waals surface area contributed by atoms with Crippen molar-refractivity contribution in [2.24, 2.45) is 0 Å². The van der Waals surface area contributed by atoms with Crippen LogP contribution in [-0.2, 0) is 4.79 Å². The van der Waals surface area contributed by atoms with Crippen LogP contribution >= 0.6 is 11.3 Å². The van der Waals surface area contributed by atoms with E-state index in [1.165, 1.54) is 18.3 Å². The van der Waals surface area contributed by atoms with Gasteiger partial charge in [0.1, 0.15) is 5.75 Å². The number of aromatic hydroxyl groups is 1. The number of nitrogens with zero attached hydrogens (tertiary/aromatic N) is 1. The largest absolute Gasteiger partial charge is 0.506 e. The summed E-state index contributed by atoms with van der Waals surface area (Å²) in [5.74, 6) is -0.185. The lowest BCUT2D eigenvalue weighted by atomic mass is 10.1. The number of rotatable bonds is 3. The molecule has 0 bridgehead atoms. The first-order valence-corrected chi connectivity index (χ1v) is 6.22. The summed E-state index contributed by atoms with van der Waals surface area (Å²) in [6.07, 6.45) is 0. The van der Waals surface area contributed by atoms with Gasteiger partial charge in [-0.25, -0.2) is 4.98 Å². The van der Waals surface area contributed by atoms with Crippen LogP contribution in [0.15, 0.2) is 23.6 Å². The van der Waals surface area contributed by atoms with Crippen LogP contribution in [0.25, 0.3) is 11.3 Å². The molecule has 0 aliphatic carbocycles. The molecule has 5 nitrogen and oxygen atoms in total. The van der Waals surface area contributed by atoms with Gasteiger partial charge in [0, 0.05) is 24.9 Å². The van der Waals surface area contributed by atoms with Crippen LogP contribution in [0.5, 0.6) is 5.75 Å². The van der Waals surface area contributed by atoms with Crippen LogP contribution in [0, 0.1) is 0 Å². The number of hydrogen-bond acceptors (Lipinski definition) is 5. The third-order valence-electron chi connectivity index (χ3n) is 2.32. The van der Waals surface area contributed by atoms with Gasteiger partial charge in [0.2, 0.25) is 5.91 Å². The molecule has 6 heteroatoms. The lowest BCUT2D eigenvalue weighted by Gasteiger charge is -2.06. The fraction of sp³-hybridized carbons (Fsp3) is 0.167. The fourth-order valence-electron chi connectivity index (χ4n) is 1.51. The Morgan fingerprint density at radius 2 is 2.22 bits per heavy atom. The van der Waals surface area contributed by atoms with E-state index in [0.717, 1.165) is 16.4 Å². The number of aromatic nitrogens is 1. The standard InChI is InChI=1S/C12H13N3O2S/c1-7(16)14-9-5-8(3-4-11(9)17)10-6-18-12(13-2)15-10/h3-6,17H,1-2H3,(H,13,15)(H,14,16). The lowest BCUT2D eigenvalue weighted by molar-refractivity contribution is -0.114. The number of benzene rings is 1. The highest BCUT2D eigenvalue weighted by atomic mass is 32.1. The van der Waals surface area contributed by atoms with Crippen molar-refractivity contribution >= 4 is 28.1 Å². The van der Waals surface area contributed by atoms with Gasteiger partial charge in [0.05, 0.1) is 11.4 Å². The zero-order chi connectivity index (χ0) is 13.1. The molecule has 0 unspecified atom stereocenters. The Morgan fingerprint density at radius 1 is 1.44 bits per heavy atom. The number of carbonyl (C=O) groups excluding carboxylic acids is 1. The van der Waals surface area contributed by atoms with Crippen molar-refractivity contribution in [3.05, 3.63) is 23.6 Å². The summed E-state index contributed by atoms with van der Waals surface area (Å²) in [5.41, 5.74) is 2.03. The topological polar surface area (TPSA) is 74.2 Å². The van der Waals surface area contributed by atoms with E-state index in [4.69, 9.17) is 0 Å². The number of carbonyl (C=O) groups is 1. The second kappa shape index (κ2) is 5.05. The highest BCUT2D eigenvalue weighted by Crippen LogP contribution is 2.31. The van der Waals surface area contributed by atoms with Crippen molar-refractivity contribution in [1.29, 1.82) is 0 Å². The zero-order valence-electron chi connectivity index (χ0n) is 10.0. The number of nitrogens with one attached hydrogen (secondary N) is 2. The van der Waals surface area contributed by atoms with Crippen molar-refractivity contribution in [1.82, 2.24) is 4.98 Å². The predicted molar refractivity (Wildman–Crippen MR) is 73.1 cm³/mol. The maximum absolute atomic E-state index is 11.0. The molecule has 0 saturated carbocycles. The third kappa shape index (κ3) is 2.60. The minimum absolute atomic E-state index is 0.0398. The average Bonchev–Trinajstić information content (AvgIpc) is 2.80. The van der Waals surface area contributed by atoms with Crippen LogP contribution < -0.4 is 10.6 Å². The van der Waals surface area contributed by atoms with Crippen LogP contribution in [0.1, 0.15) is 6.92 Å². The van der Waals surface area contributed by atoms with Crippen molar-refractivity contribution in [3.63, 3.8) is 0 Å². The molecule has 0 saturated heterocycles. The van der Waals surface area contributed by atoms with Gasteiger partial charge in [-0.05, 0) is 18.2 Å². The fourth-order valence-corrected chi connectivity index (χ4v) is 2.19. The Kier molecular flexibility index (Phi) is 3.47. The molecule has 0 fully saturated rings. The highest BCUT2D eigenvalue weighted by molar-refractivity contribution is 7.14. The minimum atomic E-state index is -0.225. The van der Waals surface area contributed by atoms with Gasteiger partial charge in [-0.3, -0.25) is 4.79 Å². The molecule has 1 heterocycles. The van der Waals surface area contributed by atoms with Gasteiger partial charge >= 0.3 is 0 Å². The molecule has 1 aromatic carbocycles. The van der Waals surface area contributed by atoms with E-state index in [2.05, 4.69) is 15.6 Å². The van der Waals surface area contributed by atoms with Gasteiger partial charge in [0.15, 0.2) is 5.13 Å². The summed E-state index contributed by atoms with van der Waals surface area (Å²) in [4.78, 5) is 15.4. The molecule has 0 atom stereocenters. The number of thiazole rings is 1. The van der Waals surface area contributed by atoms with Gasteiger partial charge in [0.25, 0.3) is 0 Å². The van der Waals surface area contributed by atoms with E-state index in [1.54, 1.807) is 18.2 Å². The first-order valence-electron chi connectivity index (χ1n) is 5.34. The first-order chi connectivity index (χ1) is 8.60. The molecule has 0 aliphatic rings. The minimum Gasteiger partial charge on any atom is -0.506 e. The van der Waals surface area contributed by atoms with Crippen LogP contribution in [-0.4, -0.2) is 23.0 Å². The van der Waals surface area contributed by atoms with E-state index in [-0.39, 0.29) is 11.7 Å². The SMILES string of the molecule is CNc1nc(-c2ccc(O)c(NC(C)=O)c2)cs1. The van der Waals surface area contributed by atoms with Gasteiger partial charge in [-0.15, -0.1) is 11.3 Å². The molecule has 94 valence electrons. The average molecular weight is 263 g/mol. The molecular weight excluding hydrogens is 250 g/mol. The Morgan fingerprint density at radius 3 is 2.83 bits per heavy atom. The maximum Gasteiger partial charge on any atom is 0.221 e. The molecule has 18 heavy (non-hydrogen) atoms. The van der Waals surface area contributed by atoms with Crippen molar-refractivity contribution in [2.45, 2.75) is 6.92 Å². The number of hydrogen-bond donors (Lipinski definition) is 3. The number of phenols is 1. The summed E-state index contributed by atoms with van der Waals surface area (Å²) in [6.45, 7) is 1.40.